The van der Waals surface area contributed by atoms with Gasteiger partial charge in [-0.15, -0.1) is 0 Å². The van der Waals surface area contributed by atoms with E-state index in [0.717, 1.165) is 0 Å². The van der Waals surface area contributed by atoms with Gasteiger partial charge < -0.3 is 10.1 Å². The van der Waals surface area contributed by atoms with Crippen LogP contribution in [0.2, 0.25) is 0 Å². The number of hydrogen-bond acceptors (Lipinski definition) is 4. The van der Waals surface area contributed by atoms with Crippen LogP contribution in [-0.2, 0) is 10.3 Å². The Morgan fingerprint density at radius 3 is 2.41 bits per heavy atom. The van der Waals surface area contributed by atoms with E-state index in [0.29, 0.717) is 18.7 Å². The molecule has 0 bridgehead atoms. The molecule has 1 aliphatic carbocycles. The molecule has 1 saturated carbocycles. The third kappa shape index (κ3) is 1.52. The number of alkyl halides is 3. The second-order valence-electron chi connectivity index (χ2n) is 6.12. The normalized spacial score (nSPS) is 23.7. The van der Waals surface area contributed by atoms with Crippen molar-refractivity contribution in [2.24, 2.45) is 5.41 Å². The first kappa shape index (κ1) is 13.8. The molecule has 2 fully saturated rings. The molecule has 0 amide bonds. The van der Waals surface area contributed by atoms with Gasteiger partial charge in [0.2, 0.25) is 0 Å². The maximum atomic E-state index is 13.2. The van der Waals surface area contributed by atoms with Crippen molar-refractivity contribution >= 4 is 11.8 Å². The Kier molecular flexibility index (Phi) is 2.44. The molecule has 0 radical (unpaired) electrons. The van der Waals surface area contributed by atoms with E-state index in [2.05, 4.69) is 5.32 Å². The molecule has 1 saturated heterocycles. The lowest BCUT2D eigenvalue weighted by molar-refractivity contribution is -0.171. The van der Waals surface area contributed by atoms with Gasteiger partial charge >= 0.3 is 12.1 Å². The van der Waals surface area contributed by atoms with Crippen molar-refractivity contribution in [3.8, 4) is 0 Å². The smallest absolute Gasteiger partial charge is 0.401 e. The number of hydrogen-bond donors (Lipinski definition) is 1. The molecule has 3 aliphatic rings. The van der Waals surface area contributed by atoms with Crippen molar-refractivity contribution < 1.29 is 27.5 Å². The van der Waals surface area contributed by atoms with E-state index in [4.69, 9.17) is 4.74 Å². The van der Waals surface area contributed by atoms with Gasteiger partial charge in [0.1, 0.15) is 5.41 Å². The van der Waals surface area contributed by atoms with Crippen molar-refractivity contribution in [3.05, 3.63) is 34.9 Å². The van der Waals surface area contributed by atoms with Gasteiger partial charge in [0.25, 0.3) is 0 Å². The predicted molar refractivity (Wildman–Crippen MR) is 68.5 cm³/mol. The van der Waals surface area contributed by atoms with Gasteiger partial charge in [-0.25, -0.2) is 4.79 Å². The lowest BCUT2D eigenvalue weighted by Crippen LogP contribution is -2.56. The summed E-state index contributed by atoms with van der Waals surface area (Å²) >= 11 is 0. The third-order valence-corrected chi connectivity index (χ3v) is 4.84. The summed E-state index contributed by atoms with van der Waals surface area (Å²) in [7, 11) is 0. The number of halogens is 3. The Hall–Kier alpha value is -1.89. The zero-order valence-corrected chi connectivity index (χ0v) is 11.4. The zero-order chi connectivity index (χ0) is 15.8. The van der Waals surface area contributed by atoms with E-state index in [-0.39, 0.29) is 24.0 Å². The molecule has 116 valence electrons. The molecule has 0 aromatic heterocycles. The summed E-state index contributed by atoms with van der Waals surface area (Å²) in [6.07, 6.45) is -5.04. The minimum atomic E-state index is -4.59. The molecule has 2 aliphatic heterocycles. The number of esters is 1. The number of ketones is 1. The summed E-state index contributed by atoms with van der Waals surface area (Å²) in [5.41, 5.74) is -2.79. The Morgan fingerprint density at radius 2 is 1.91 bits per heavy atom. The fourth-order valence-electron chi connectivity index (χ4n) is 3.26. The summed E-state index contributed by atoms with van der Waals surface area (Å²) in [5.74, 6) is -1.73. The van der Waals surface area contributed by atoms with Crippen LogP contribution in [0.15, 0.2) is 18.2 Å². The molecule has 7 heteroatoms. The second-order valence-corrected chi connectivity index (χ2v) is 6.12. The van der Waals surface area contributed by atoms with E-state index in [1.165, 1.54) is 12.1 Å². The highest BCUT2D eigenvalue weighted by atomic mass is 19.4. The van der Waals surface area contributed by atoms with Crippen LogP contribution in [0.5, 0.6) is 0 Å². The van der Waals surface area contributed by atoms with Crippen molar-refractivity contribution in [2.75, 3.05) is 13.1 Å². The molecule has 1 N–H and O–H groups in total. The Bertz CT molecular complexity index is 702. The van der Waals surface area contributed by atoms with Crippen LogP contribution in [-0.4, -0.2) is 31.0 Å². The Morgan fingerprint density at radius 1 is 1.23 bits per heavy atom. The highest BCUT2D eigenvalue weighted by Crippen LogP contribution is 2.59. The lowest BCUT2D eigenvalue weighted by atomic mass is 9.83. The number of nitrogens with one attached hydrogen (secondary N) is 1. The van der Waals surface area contributed by atoms with E-state index in [9.17, 15) is 22.8 Å². The number of carbonyl (C=O) groups excluding carboxylic acids is 2. The average molecular weight is 311 g/mol. The minimum absolute atomic E-state index is 0.00419. The fourth-order valence-corrected chi connectivity index (χ4v) is 3.26. The van der Waals surface area contributed by atoms with Crippen molar-refractivity contribution in [1.29, 1.82) is 0 Å². The monoisotopic (exact) mass is 311 g/mol. The van der Waals surface area contributed by atoms with Gasteiger partial charge in [0, 0.05) is 24.2 Å². The first-order valence-corrected chi connectivity index (χ1v) is 7.00. The van der Waals surface area contributed by atoms with E-state index < -0.39 is 28.9 Å². The first-order chi connectivity index (χ1) is 10.3. The Labute approximate surface area is 123 Å². The van der Waals surface area contributed by atoms with Crippen LogP contribution in [0, 0.1) is 5.41 Å². The molecule has 4 rings (SSSR count). The van der Waals surface area contributed by atoms with Crippen LogP contribution in [0.3, 0.4) is 0 Å². The number of benzene rings is 1. The van der Waals surface area contributed by atoms with E-state index in [1.54, 1.807) is 6.07 Å². The number of Topliss-reactive ketones (excluding diaryl/α,β-unsaturated/α-hetero) is 1. The van der Waals surface area contributed by atoms with Crippen LogP contribution in [0.4, 0.5) is 13.2 Å². The molecule has 0 unspecified atom stereocenters. The van der Waals surface area contributed by atoms with Crippen molar-refractivity contribution in [1.82, 2.24) is 5.32 Å². The zero-order valence-electron chi connectivity index (χ0n) is 11.4. The molecule has 2 heterocycles. The number of ether oxygens (including phenoxy) is 1. The minimum Gasteiger partial charge on any atom is -0.448 e. The fraction of sp³-hybridized carbons (Fsp3) is 0.467. The van der Waals surface area contributed by atoms with Crippen LogP contribution >= 0.6 is 0 Å². The lowest BCUT2D eigenvalue weighted by Gasteiger charge is -2.38. The first-order valence-electron chi connectivity index (χ1n) is 7.00. The predicted octanol–water partition coefficient (Wildman–Crippen LogP) is 2.18. The summed E-state index contributed by atoms with van der Waals surface area (Å²) in [5, 5.41) is 2.98. The number of carbonyl (C=O) groups is 2. The van der Waals surface area contributed by atoms with Crippen LogP contribution in [0.1, 0.15) is 39.1 Å². The molecule has 0 atom stereocenters. The maximum absolute atomic E-state index is 13.2. The van der Waals surface area contributed by atoms with Gasteiger partial charge in [-0.2, -0.15) is 13.2 Å². The molecular weight excluding hydrogens is 299 g/mol. The van der Waals surface area contributed by atoms with Gasteiger partial charge in [0.05, 0.1) is 5.56 Å². The van der Waals surface area contributed by atoms with Gasteiger partial charge in [-0.3, -0.25) is 4.79 Å². The molecule has 22 heavy (non-hydrogen) atoms. The summed E-state index contributed by atoms with van der Waals surface area (Å²) in [6, 6.07) is 4.45. The maximum Gasteiger partial charge on any atom is 0.401 e. The van der Waals surface area contributed by atoms with Gasteiger partial charge in [-0.1, -0.05) is 18.2 Å². The highest BCUT2D eigenvalue weighted by Gasteiger charge is 2.68. The highest BCUT2D eigenvalue weighted by molar-refractivity contribution is 6.12. The van der Waals surface area contributed by atoms with Gasteiger partial charge in [-0.05, 0) is 12.8 Å². The quantitative estimate of drug-likeness (QED) is 0.672. The van der Waals surface area contributed by atoms with Crippen molar-refractivity contribution in [2.45, 2.75) is 24.6 Å². The summed E-state index contributed by atoms with van der Waals surface area (Å²) in [6.45, 7) is 0.821. The summed E-state index contributed by atoms with van der Waals surface area (Å²) < 4.78 is 44.8. The molecule has 1 spiro atoms. The Balaban J connectivity index is 1.83. The largest absolute Gasteiger partial charge is 0.448 e. The van der Waals surface area contributed by atoms with E-state index >= 15 is 0 Å². The second kappa shape index (κ2) is 3.90. The SMILES string of the molecule is O=C1OC2(CNC2)c2cccc(C(=O)C3(C(F)(F)F)CC3)c21. The van der Waals surface area contributed by atoms with Crippen molar-refractivity contribution in [3.63, 3.8) is 0 Å². The molecule has 1 aromatic carbocycles. The van der Waals surface area contributed by atoms with Gasteiger partial charge in [0.15, 0.2) is 11.4 Å². The molecule has 4 nitrogen and oxygen atoms in total. The topological polar surface area (TPSA) is 55.4 Å². The average Bonchev–Trinajstić information content (AvgIpc) is 3.17. The third-order valence-electron chi connectivity index (χ3n) is 4.84. The number of fused-ring (bicyclic) bond motifs is 2. The number of rotatable bonds is 2. The summed E-state index contributed by atoms with van der Waals surface area (Å²) in [4.78, 5) is 24.6. The van der Waals surface area contributed by atoms with E-state index in [1.807, 2.05) is 0 Å². The molecular formula is C15H12F3NO3. The van der Waals surface area contributed by atoms with Crippen LogP contribution in [0.25, 0.3) is 0 Å². The molecule has 1 aromatic rings. The standard InChI is InChI=1S/C15H12F3NO3/c16-15(17,18)13(4-5-13)11(20)8-2-1-3-9-10(8)12(21)22-14(9)6-19-7-14/h1-3,19H,4-7H2. The van der Waals surface area contributed by atoms with Crippen LogP contribution < -0.4 is 5.32 Å².